The van der Waals surface area contributed by atoms with Gasteiger partial charge in [0, 0.05) is 6.54 Å². The molecule has 0 spiro atoms. The van der Waals surface area contributed by atoms with Crippen LogP contribution in [0.15, 0.2) is 9.21 Å². The number of amides is 1. The van der Waals surface area contributed by atoms with E-state index in [9.17, 15) is 9.18 Å². The summed E-state index contributed by atoms with van der Waals surface area (Å²) in [6.45, 7) is 12.1. The number of rotatable bonds is 2. The summed E-state index contributed by atoms with van der Waals surface area (Å²) in [7, 11) is 0. The van der Waals surface area contributed by atoms with Crippen LogP contribution >= 0.6 is 31.9 Å². The summed E-state index contributed by atoms with van der Waals surface area (Å²) in [6, 6.07) is -0.773. The number of hydrogen-bond donors (Lipinski definition) is 0. The van der Waals surface area contributed by atoms with E-state index >= 15 is 0 Å². The summed E-state index contributed by atoms with van der Waals surface area (Å²) in [6.07, 6.45) is -0.115. The first-order valence-electron chi connectivity index (χ1n) is 7.04. The number of likely N-dealkylation sites (tertiary alicyclic amines) is 1. The molecule has 0 bridgehead atoms. The van der Waals surface area contributed by atoms with E-state index in [4.69, 9.17) is 11.3 Å². The smallest absolute Gasteiger partial charge is 0.410 e. The number of hydrogen-bond acceptors (Lipinski definition) is 3. The number of carbonyl (C=O) groups is 1. The molecular formula is C14H17Br2FN4O2. The van der Waals surface area contributed by atoms with E-state index in [-0.39, 0.29) is 12.6 Å². The second kappa shape index (κ2) is 6.77. The van der Waals surface area contributed by atoms with Gasteiger partial charge in [-0.15, -0.1) is 0 Å². The lowest BCUT2D eigenvalue weighted by molar-refractivity contribution is 0.0203. The van der Waals surface area contributed by atoms with Crippen molar-refractivity contribution in [2.45, 2.75) is 44.9 Å². The van der Waals surface area contributed by atoms with E-state index in [2.05, 4.69) is 41.8 Å². The van der Waals surface area contributed by atoms with Crippen molar-refractivity contribution in [1.29, 1.82) is 0 Å². The van der Waals surface area contributed by atoms with Gasteiger partial charge in [0.15, 0.2) is 0 Å². The van der Waals surface area contributed by atoms with Gasteiger partial charge in [-0.25, -0.2) is 14.0 Å². The van der Waals surface area contributed by atoms with E-state index in [0.717, 1.165) is 0 Å². The van der Waals surface area contributed by atoms with Gasteiger partial charge in [-0.3, -0.25) is 4.68 Å². The zero-order chi connectivity index (χ0) is 17.4. The monoisotopic (exact) mass is 450 g/mol. The van der Waals surface area contributed by atoms with Crippen LogP contribution in [0.5, 0.6) is 0 Å². The Hall–Kier alpha value is -1.14. The topological polar surface area (TPSA) is 51.7 Å². The molecule has 1 aliphatic heterocycles. The quantitative estimate of drug-likeness (QED) is 0.623. The largest absolute Gasteiger partial charge is 0.444 e. The normalized spacial score (nSPS) is 21.3. The van der Waals surface area contributed by atoms with E-state index < -0.39 is 24.4 Å². The lowest BCUT2D eigenvalue weighted by Crippen LogP contribution is -2.40. The first kappa shape index (κ1) is 18.2. The van der Waals surface area contributed by atoms with E-state index in [1.54, 1.807) is 25.5 Å². The molecule has 0 radical (unpaired) electrons. The number of halogens is 3. The Kier molecular flexibility index (Phi) is 5.36. The first-order valence-corrected chi connectivity index (χ1v) is 8.63. The predicted molar refractivity (Wildman–Crippen MR) is 90.2 cm³/mol. The molecule has 2 atom stereocenters. The maximum atomic E-state index is 13.3. The van der Waals surface area contributed by atoms with Crippen molar-refractivity contribution < 1.29 is 13.9 Å². The molecule has 1 saturated heterocycles. The molecule has 1 aromatic rings. The Morgan fingerprint density at radius 2 is 2.17 bits per heavy atom. The summed E-state index contributed by atoms with van der Waals surface area (Å²) in [5, 5.41) is 4.27. The highest BCUT2D eigenvalue weighted by molar-refractivity contribution is 9.11. The zero-order valence-corrected chi connectivity index (χ0v) is 16.2. The van der Waals surface area contributed by atoms with Crippen LogP contribution in [0.1, 0.15) is 33.2 Å². The van der Waals surface area contributed by atoms with Gasteiger partial charge in [0.25, 0.3) is 5.69 Å². The maximum absolute atomic E-state index is 13.3. The molecule has 23 heavy (non-hydrogen) atoms. The van der Waals surface area contributed by atoms with E-state index in [1.165, 1.54) is 4.90 Å². The van der Waals surface area contributed by atoms with Crippen LogP contribution in [-0.2, 0) is 4.74 Å². The predicted octanol–water partition coefficient (Wildman–Crippen LogP) is 4.48. The molecule has 1 aliphatic rings. The average molecular weight is 452 g/mol. The van der Waals surface area contributed by atoms with Crippen molar-refractivity contribution in [2.75, 3.05) is 13.2 Å². The van der Waals surface area contributed by atoms with Gasteiger partial charge < -0.3 is 9.64 Å². The standard InChI is InChI=1S/C14H17Br2FN4O2/c1-14(2,3)23-13(22)20-7-9(5-8(20)6-17)21-12(16)10(18-4)11(15)19-21/h8-9H,5-7H2,1-3H3/t8-,9?/m0/s1. The Morgan fingerprint density at radius 3 is 2.65 bits per heavy atom. The van der Waals surface area contributed by atoms with Gasteiger partial charge in [-0.2, -0.15) is 5.10 Å². The van der Waals surface area contributed by atoms with Crippen LogP contribution in [0.3, 0.4) is 0 Å². The van der Waals surface area contributed by atoms with Crippen molar-refractivity contribution in [3.8, 4) is 0 Å². The van der Waals surface area contributed by atoms with Crippen LogP contribution in [0.2, 0.25) is 0 Å². The summed E-state index contributed by atoms with van der Waals surface area (Å²) in [5.74, 6) is 0. The number of carbonyl (C=O) groups excluding carboxylic acids is 1. The van der Waals surface area contributed by atoms with Crippen LogP contribution in [0.4, 0.5) is 14.9 Å². The van der Waals surface area contributed by atoms with Crippen molar-refractivity contribution in [1.82, 2.24) is 14.7 Å². The molecule has 2 heterocycles. The minimum absolute atomic E-state index is 0.218. The minimum atomic E-state index is -0.647. The second-order valence-electron chi connectivity index (χ2n) is 6.32. The molecule has 2 rings (SSSR count). The van der Waals surface area contributed by atoms with Crippen molar-refractivity contribution in [3.63, 3.8) is 0 Å². The highest BCUT2D eigenvalue weighted by Gasteiger charge is 2.39. The van der Waals surface area contributed by atoms with Crippen molar-refractivity contribution in [3.05, 3.63) is 20.6 Å². The number of alkyl halides is 1. The molecule has 1 unspecified atom stereocenters. The van der Waals surface area contributed by atoms with E-state index in [1.807, 2.05) is 0 Å². The van der Waals surface area contributed by atoms with Gasteiger partial charge in [0.2, 0.25) is 0 Å². The molecule has 126 valence electrons. The summed E-state index contributed by atoms with van der Waals surface area (Å²) >= 11 is 6.58. The summed E-state index contributed by atoms with van der Waals surface area (Å²) < 4.78 is 21.2. The third-order valence-electron chi connectivity index (χ3n) is 3.44. The third kappa shape index (κ3) is 3.86. The third-order valence-corrected chi connectivity index (χ3v) is 4.72. The summed E-state index contributed by atoms with van der Waals surface area (Å²) in [5.41, 5.74) is -0.277. The molecule has 0 aliphatic carbocycles. The number of aromatic nitrogens is 2. The van der Waals surface area contributed by atoms with Crippen LogP contribution in [0, 0.1) is 6.57 Å². The highest BCUT2D eigenvalue weighted by atomic mass is 79.9. The van der Waals surface area contributed by atoms with Gasteiger partial charge in [0.05, 0.1) is 18.7 Å². The Morgan fingerprint density at radius 1 is 1.52 bits per heavy atom. The molecule has 0 N–H and O–H groups in total. The van der Waals surface area contributed by atoms with Gasteiger partial charge in [-0.05, 0) is 59.1 Å². The Labute approximate surface area is 151 Å². The minimum Gasteiger partial charge on any atom is -0.444 e. The molecular weight excluding hydrogens is 435 g/mol. The van der Waals surface area contributed by atoms with E-state index in [0.29, 0.717) is 21.3 Å². The van der Waals surface area contributed by atoms with Crippen LogP contribution in [-0.4, -0.2) is 45.6 Å². The fraction of sp³-hybridized carbons (Fsp3) is 0.643. The molecule has 1 aromatic heterocycles. The average Bonchev–Trinajstić information content (AvgIpc) is 2.98. The summed E-state index contributed by atoms with van der Waals surface area (Å²) in [4.78, 5) is 17.1. The fourth-order valence-corrected chi connectivity index (χ4v) is 3.83. The number of ether oxygens (including phenoxy) is 1. The lowest BCUT2D eigenvalue weighted by Gasteiger charge is -2.27. The molecule has 1 fully saturated rings. The maximum Gasteiger partial charge on any atom is 0.410 e. The van der Waals surface area contributed by atoms with Crippen LogP contribution in [0.25, 0.3) is 4.85 Å². The molecule has 0 saturated carbocycles. The second-order valence-corrected chi connectivity index (χ2v) is 7.82. The first-order chi connectivity index (χ1) is 10.7. The lowest BCUT2D eigenvalue weighted by atomic mass is 10.2. The van der Waals surface area contributed by atoms with Gasteiger partial charge in [-0.1, -0.05) is 0 Å². The van der Waals surface area contributed by atoms with Gasteiger partial charge in [0.1, 0.15) is 21.5 Å². The van der Waals surface area contributed by atoms with Gasteiger partial charge >= 0.3 is 6.09 Å². The highest BCUT2D eigenvalue weighted by Crippen LogP contribution is 2.38. The van der Waals surface area contributed by atoms with Crippen molar-refractivity contribution >= 4 is 43.6 Å². The fourth-order valence-electron chi connectivity index (χ4n) is 2.47. The SMILES string of the molecule is [C-]#[N+]c1c(Br)nn(C2C[C@@H](CF)N(C(=O)OC(C)(C)C)C2)c1Br. The van der Waals surface area contributed by atoms with Crippen LogP contribution < -0.4 is 0 Å². The molecule has 0 aromatic carbocycles. The number of nitrogens with zero attached hydrogens (tertiary/aromatic N) is 4. The zero-order valence-electron chi connectivity index (χ0n) is 13.0. The Bertz CT molecular complexity index is 650. The molecule has 9 heteroatoms. The van der Waals surface area contributed by atoms with Crippen molar-refractivity contribution in [2.24, 2.45) is 0 Å². The molecule has 1 amide bonds. The molecule has 6 nitrogen and oxygen atoms in total. The Balaban J connectivity index is 2.22.